The number of benzene rings is 1. The van der Waals surface area contributed by atoms with E-state index in [9.17, 15) is 14.0 Å². The van der Waals surface area contributed by atoms with Crippen LogP contribution < -0.4 is 5.56 Å². The minimum Gasteiger partial charge on any atom is -0.334 e. The van der Waals surface area contributed by atoms with Gasteiger partial charge in [-0.2, -0.15) is 0 Å². The number of H-pyrrole nitrogens is 1. The zero-order valence-electron chi connectivity index (χ0n) is 12.6. The van der Waals surface area contributed by atoms with E-state index in [0.29, 0.717) is 31.0 Å². The summed E-state index contributed by atoms with van der Waals surface area (Å²) < 4.78 is 13.5. The van der Waals surface area contributed by atoms with Gasteiger partial charge < -0.3 is 9.88 Å². The van der Waals surface area contributed by atoms with Crippen molar-refractivity contribution in [3.8, 4) is 0 Å². The van der Waals surface area contributed by atoms with Gasteiger partial charge in [0.25, 0.3) is 5.91 Å². The first-order valence-corrected chi connectivity index (χ1v) is 7.91. The van der Waals surface area contributed by atoms with Gasteiger partial charge in [0.15, 0.2) is 0 Å². The molecule has 1 N–H and O–H groups in total. The second-order valence-corrected chi connectivity index (χ2v) is 6.31. The van der Waals surface area contributed by atoms with Crippen molar-refractivity contribution in [2.75, 3.05) is 6.54 Å². The molecule has 118 valence electrons. The van der Waals surface area contributed by atoms with Gasteiger partial charge in [-0.3, -0.25) is 9.59 Å². The summed E-state index contributed by atoms with van der Waals surface area (Å²) >= 11 is 0. The lowest BCUT2D eigenvalue weighted by Gasteiger charge is -2.29. The summed E-state index contributed by atoms with van der Waals surface area (Å²) in [6.07, 6.45) is 2.68. The number of nitrogens with one attached hydrogen (secondary N) is 1. The summed E-state index contributed by atoms with van der Waals surface area (Å²) in [6.45, 7) is 1.04. The molecule has 1 aromatic carbocycles. The van der Waals surface area contributed by atoms with Crippen molar-refractivity contribution >= 4 is 5.91 Å². The highest BCUT2D eigenvalue weighted by molar-refractivity contribution is 5.96. The van der Waals surface area contributed by atoms with Gasteiger partial charge >= 0.3 is 0 Å². The summed E-state index contributed by atoms with van der Waals surface area (Å²) in [5, 5.41) is 0. The smallest absolute Gasteiger partial charge is 0.254 e. The van der Waals surface area contributed by atoms with E-state index in [2.05, 4.69) is 4.98 Å². The molecule has 1 amide bonds. The predicted octanol–water partition coefficient (Wildman–Crippen LogP) is 2.59. The molecule has 1 saturated carbocycles. The summed E-state index contributed by atoms with van der Waals surface area (Å²) in [4.78, 5) is 28.8. The first kappa shape index (κ1) is 14.2. The molecule has 2 heterocycles. The van der Waals surface area contributed by atoms with Crippen molar-refractivity contribution in [3.05, 3.63) is 68.9 Å². The molecule has 1 fully saturated rings. The Balaban J connectivity index is 1.63. The number of aromatic nitrogens is 1. The van der Waals surface area contributed by atoms with Crippen LogP contribution >= 0.6 is 0 Å². The van der Waals surface area contributed by atoms with Gasteiger partial charge in [-0.05, 0) is 48.1 Å². The summed E-state index contributed by atoms with van der Waals surface area (Å²) in [7, 11) is 0. The molecule has 0 bridgehead atoms. The number of halogens is 1. The second-order valence-electron chi connectivity index (χ2n) is 6.31. The van der Waals surface area contributed by atoms with Crippen LogP contribution in [-0.4, -0.2) is 22.3 Å². The van der Waals surface area contributed by atoms with Gasteiger partial charge in [0.2, 0.25) is 5.56 Å². The molecule has 2 aliphatic rings. The topological polar surface area (TPSA) is 53.2 Å². The van der Waals surface area contributed by atoms with Crippen LogP contribution in [-0.2, 0) is 13.0 Å². The monoisotopic (exact) mass is 312 g/mol. The van der Waals surface area contributed by atoms with Crippen LogP contribution in [0.15, 0.2) is 35.1 Å². The summed E-state index contributed by atoms with van der Waals surface area (Å²) in [5.41, 5.74) is 3.21. The molecule has 5 heteroatoms. The average molecular weight is 312 g/mol. The maximum atomic E-state index is 13.5. The molecular formula is C18H17FN2O2. The number of hydrogen-bond acceptors (Lipinski definition) is 2. The van der Waals surface area contributed by atoms with Crippen molar-refractivity contribution in [1.29, 1.82) is 0 Å². The molecule has 4 nitrogen and oxygen atoms in total. The Kier molecular flexibility index (Phi) is 3.29. The molecule has 0 atom stereocenters. The number of amides is 1. The van der Waals surface area contributed by atoms with Gasteiger partial charge in [-0.1, -0.05) is 6.07 Å². The second kappa shape index (κ2) is 5.33. The van der Waals surface area contributed by atoms with Crippen molar-refractivity contribution in [3.63, 3.8) is 0 Å². The van der Waals surface area contributed by atoms with E-state index in [1.165, 1.54) is 18.2 Å². The molecule has 0 unspecified atom stereocenters. The van der Waals surface area contributed by atoms with Crippen molar-refractivity contribution in [2.24, 2.45) is 0 Å². The van der Waals surface area contributed by atoms with Crippen LogP contribution in [0.25, 0.3) is 0 Å². The van der Waals surface area contributed by atoms with E-state index in [4.69, 9.17) is 0 Å². The molecule has 2 aromatic rings. The predicted molar refractivity (Wildman–Crippen MR) is 83.9 cm³/mol. The summed E-state index contributed by atoms with van der Waals surface area (Å²) in [6, 6.07) is 7.73. The van der Waals surface area contributed by atoms with E-state index >= 15 is 0 Å². The van der Waals surface area contributed by atoms with E-state index in [-0.39, 0.29) is 17.3 Å². The number of carbonyl (C=O) groups is 1. The highest BCUT2D eigenvalue weighted by atomic mass is 19.1. The number of carbonyl (C=O) groups excluding carboxylic acids is 1. The van der Waals surface area contributed by atoms with Crippen molar-refractivity contribution in [2.45, 2.75) is 31.7 Å². The lowest BCUT2D eigenvalue weighted by atomic mass is 9.99. The Hall–Kier alpha value is -2.43. The number of rotatable bonds is 2. The van der Waals surface area contributed by atoms with Crippen LogP contribution in [0.1, 0.15) is 45.9 Å². The third kappa shape index (κ3) is 2.67. The molecule has 4 rings (SSSR count). The molecule has 0 spiro atoms. The van der Waals surface area contributed by atoms with Crippen LogP contribution in [0.4, 0.5) is 4.39 Å². The Morgan fingerprint density at radius 2 is 2.04 bits per heavy atom. The van der Waals surface area contributed by atoms with Gasteiger partial charge in [-0.25, -0.2) is 4.39 Å². The van der Waals surface area contributed by atoms with E-state index < -0.39 is 0 Å². The molecule has 1 aliphatic heterocycles. The highest BCUT2D eigenvalue weighted by Gasteiger charge is 2.31. The lowest BCUT2D eigenvalue weighted by Crippen LogP contribution is -2.37. The fourth-order valence-corrected chi connectivity index (χ4v) is 3.25. The first-order valence-electron chi connectivity index (χ1n) is 7.91. The molecule has 1 aliphatic carbocycles. The largest absolute Gasteiger partial charge is 0.334 e. The Bertz CT molecular complexity index is 839. The first-order chi connectivity index (χ1) is 11.1. The third-order valence-electron chi connectivity index (χ3n) is 4.64. The Morgan fingerprint density at radius 1 is 1.22 bits per heavy atom. The molecule has 0 saturated heterocycles. The fourth-order valence-electron chi connectivity index (χ4n) is 3.25. The molecule has 1 aromatic heterocycles. The molecular weight excluding hydrogens is 295 g/mol. The van der Waals surface area contributed by atoms with Gasteiger partial charge in [-0.15, -0.1) is 0 Å². The minimum atomic E-state index is -0.287. The standard InChI is InChI=1S/C18H17FN2O2/c19-13-4-5-14(15(9-13)11-1-2-11)18(23)21-8-7-16-12(10-21)3-6-17(22)20-16/h3-6,9,11H,1-2,7-8,10H2,(H,20,22). The van der Waals surface area contributed by atoms with Crippen molar-refractivity contribution in [1.82, 2.24) is 9.88 Å². The number of hydrogen-bond donors (Lipinski definition) is 1. The van der Waals surface area contributed by atoms with Crippen LogP contribution in [0.5, 0.6) is 0 Å². The number of aromatic amines is 1. The normalized spacial score (nSPS) is 17.0. The van der Waals surface area contributed by atoms with Gasteiger partial charge in [0.1, 0.15) is 5.82 Å². The van der Waals surface area contributed by atoms with Crippen molar-refractivity contribution < 1.29 is 9.18 Å². The zero-order chi connectivity index (χ0) is 16.0. The van der Waals surface area contributed by atoms with E-state index in [1.54, 1.807) is 17.0 Å². The van der Waals surface area contributed by atoms with Crippen LogP contribution in [0, 0.1) is 5.82 Å². The number of pyridine rings is 1. The average Bonchev–Trinajstić information content (AvgIpc) is 3.38. The minimum absolute atomic E-state index is 0.0521. The molecule has 0 radical (unpaired) electrons. The van der Waals surface area contributed by atoms with Gasteiger partial charge in [0, 0.05) is 36.8 Å². The van der Waals surface area contributed by atoms with Gasteiger partial charge in [0.05, 0.1) is 0 Å². The lowest BCUT2D eigenvalue weighted by molar-refractivity contribution is 0.0732. The molecule has 23 heavy (non-hydrogen) atoms. The van der Waals surface area contributed by atoms with Crippen LogP contribution in [0.3, 0.4) is 0 Å². The maximum Gasteiger partial charge on any atom is 0.254 e. The number of fused-ring (bicyclic) bond motifs is 1. The summed E-state index contributed by atoms with van der Waals surface area (Å²) in [5.74, 6) is -0.0214. The SMILES string of the molecule is O=C(c1ccc(F)cc1C1CC1)N1CCc2[nH]c(=O)ccc2C1. The maximum absolute atomic E-state index is 13.5. The third-order valence-corrected chi connectivity index (χ3v) is 4.64. The van der Waals surface area contributed by atoms with E-state index in [1.807, 2.05) is 0 Å². The number of nitrogens with zero attached hydrogens (tertiary/aromatic N) is 1. The quantitative estimate of drug-likeness (QED) is 0.926. The van der Waals surface area contributed by atoms with Crippen LogP contribution in [0.2, 0.25) is 0 Å². The Labute approximate surface area is 132 Å². The van der Waals surface area contributed by atoms with E-state index in [0.717, 1.165) is 29.7 Å². The Morgan fingerprint density at radius 3 is 2.83 bits per heavy atom. The zero-order valence-corrected chi connectivity index (χ0v) is 12.6. The fraction of sp³-hybridized carbons (Fsp3) is 0.333. The highest BCUT2D eigenvalue weighted by Crippen LogP contribution is 2.42.